The number of ether oxygens (including phenoxy) is 1. The third-order valence-corrected chi connectivity index (χ3v) is 1.42. The minimum atomic E-state index is 0. The van der Waals surface area contributed by atoms with E-state index in [2.05, 4.69) is 31.2 Å². The van der Waals surface area contributed by atoms with Crippen molar-refractivity contribution in [2.45, 2.75) is 12.8 Å². The van der Waals surface area contributed by atoms with Gasteiger partial charge >= 0.3 is 17.1 Å². The molecule has 0 saturated heterocycles. The molecule has 0 aromatic heterocycles. The molecule has 1 radical (unpaired) electrons. The van der Waals surface area contributed by atoms with Crippen LogP contribution in [0, 0.1) is 24.8 Å². The molecule has 0 aliphatic heterocycles. The predicted octanol–water partition coefficient (Wildman–Crippen LogP) is 3.23. The molecule has 0 fully saturated rings. The first-order chi connectivity index (χ1) is 7.31. The smallest absolute Gasteiger partial charge is 0.527 e. The Bertz CT molecular complexity index is 272. The Labute approximate surface area is 109 Å². The maximum absolute atomic E-state index is 5.03. The summed E-state index contributed by atoms with van der Waals surface area (Å²) in [6.07, 6.45) is 19.0. The first kappa shape index (κ1) is 17.1. The number of hydrogen-bond acceptors (Lipinski definition) is 1. The molecule has 0 N–H and O–H groups in total. The fraction of sp³-hybridized carbons (Fsp3) is 0.214. The normalized spacial score (nSPS) is 10.2. The standard InChI is InChI=1S/C9H11O.C5H5.Mn/c1-4-6-7-9(3)10-8-5-2;1-2-4-5-3-1;/h1,5,7H,2-3,6,8H2;1-2,5H,3H2;/q2*-1;+2. The summed E-state index contributed by atoms with van der Waals surface area (Å²) < 4.78 is 5.03. The van der Waals surface area contributed by atoms with Crippen molar-refractivity contribution in [2.24, 2.45) is 0 Å². The Morgan fingerprint density at radius 1 is 1.69 bits per heavy atom. The molecule has 0 spiro atoms. The number of rotatable bonds is 5. The summed E-state index contributed by atoms with van der Waals surface area (Å²) in [5.41, 5.74) is 0. The second kappa shape index (κ2) is 13.7. The molecule has 85 valence electrons. The van der Waals surface area contributed by atoms with Crippen LogP contribution in [-0.2, 0) is 21.8 Å². The Hall–Kier alpha value is -1.29. The van der Waals surface area contributed by atoms with E-state index < -0.39 is 0 Å². The fourth-order valence-corrected chi connectivity index (χ4v) is 0.738. The molecular formula is C14H16MnO. The molecule has 1 aliphatic rings. The maximum atomic E-state index is 5.03. The summed E-state index contributed by atoms with van der Waals surface area (Å²) in [5, 5.41) is 0. The van der Waals surface area contributed by atoms with Gasteiger partial charge in [-0.15, -0.1) is 18.8 Å². The molecule has 1 rings (SSSR count). The molecule has 0 unspecified atom stereocenters. The average molecular weight is 255 g/mol. The van der Waals surface area contributed by atoms with Crippen LogP contribution in [0.4, 0.5) is 0 Å². The fourth-order valence-electron chi connectivity index (χ4n) is 0.738. The van der Waals surface area contributed by atoms with Crippen molar-refractivity contribution in [3.05, 3.63) is 55.7 Å². The predicted molar refractivity (Wildman–Crippen MR) is 64.6 cm³/mol. The average Bonchev–Trinajstić information content (AvgIpc) is 2.82. The van der Waals surface area contributed by atoms with Crippen LogP contribution >= 0.6 is 0 Å². The Kier molecular flexibility index (Phi) is 14.7. The van der Waals surface area contributed by atoms with Crippen LogP contribution in [0.15, 0.2) is 43.2 Å². The van der Waals surface area contributed by atoms with Gasteiger partial charge in [0, 0.05) is 0 Å². The summed E-state index contributed by atoms with van der Waals surface area (Å²) in [6.45, 7) is 7.59. The van der Waals surface area contributed by atoms with Crippen LogP contribution in [0.2, 0.25) is 0 Å². The second-order valence-corrected chi connectivity index (χ2v) is 2.69. The molecule has 0 bridgehead atoms. The van der Waals surface area contributed by atoms with Gasteiger partial charge in [-0.3, -0.25) is 6.08 Å². The van der Waals surface area contributed by atoms with E-state index in [9.17, 15) is 0 Å². The molecule has 1 nitrogen and oxygen atoms in total. The van der Waals surface area contributed by atoms with Gasteiger partial charge in [0.1, 0.15) is 6.61 Å². The second-order valence-electron chi connectivity index (χ2n) is 2.69. The third-order valence-electron chi connectivity index (χ3n) is 1.42. The van der Waals surface area contributed by atoms with Crippen molar-refractivity contribution >= 4 is 0 Å². The number of terminal acetylenes is 1. The number of hydrogen-bond donors (Lipinski definition) is 0. The quantitative estimate of drug-likeness (QED) is 0.241. The van der Waals surface area contributed by atoms with Gasteiger partial charge in [-0.2, -0.15) is 12.5 Å². The Morgan fingerprint density at radius 3 is 2.81 bits per heavy atom. The van der Waals surface area contributed by atoms with Gasteiger partial charge in [0.05, 0.1) is 0 Å². The van der Waals surface area contributed by atoms with Crippen LogP contribution in [-0.4, -0.2) is 6.61 Å². The summed E-state index contributed by atoms with van der Waals surface area (Å²) >= 11 is 0. The summed E-state index contributed by atoms with van der Waals surface area (Å²) in [7, 11) is 0. The van der Waals surface area contributed by atoms with E-state index in [1.54, 1.807) is 12.5 Å². The SMILES string of the molecule is C#CC[CH-]C(=C)OCC=C.[C-]1=CCC=C1.[Mn+2]. The molecule has 0 amide bonds. The molecule has 2 heteroatoms. The van der Waals surface area contributed by atoms with Gasteiger partial charge < -0.3 is 4.74 Å². The molecule has 0 heterocycles. The van der Waals surface area contributed by atoms with E-state index in [1.807, 2.05) is 12.2 Å². The molecule has 0 atom stereocenters. The first-order valence-corrected chi connectivity index (χ1v) is 4.73. The van der Waals surface area contributed by atoms with Crippen LogP contribution in [0.5, 0.6) is 0 Å². The third kappa shape index (κ3) is 12.7. The van der Waals surface area contributed by atoms with Gasteiger partial charge in [-0.25, -0.2) is 18.7 Å². The van der Waals surface area contributed by atoms with Crippen molar-refractivity contribution < 1.29 is 21.8 Å². The molecule has 0 aromatic carbocycles. The maximum Gasteiger partial charge on any atom is 2.00 e. The van der Waals surface area contributed by atoms with Gasteiger partial charge in [0.25, 0.3) is 0 Å². The van der Waals surface area contributed by atoms with Crippen LogP contribution in [0.3, 0.4) is 0 Å². The van der Waals surface area contributed by atoms with Crippen molar-refractivity contribution in [1.29, 1.82) is 0 Å². The van der Waals surface area contributed by atoms with Gasteiger partial charge in [0.2, 0.25) is 0 Å². The summed E-state index contributed by atoms with van der Waals surface area (Å²) in [5.74, 6) is 3.06. The van der Waals surface area contributed by atoms with Crippen LogP contribution in [0.1, 0.15) is 12.8 Å². The van der Waals surface area contributed by atoms with Crippen LogP contribution in [0.25, 0.3) is 0 Å². The molecular weight excluding hydrogens is 239 g/mol. The zero-order chi connectivity index (χ0) is 11.4. The Balaban J connectivity index is 0. The van der Waals surface area contributed by atoms with E-state index in [1.165, 1.54) is 0 Å². The minimum Gasteiger partial charge on any atom is -0.527 e. The summed E-state index contributed by atoms with van der Waals surface area (Å²) in [6, 6.07) is 0. The minimum absolute atomic E-state index is 0. The van der Waals surface area contributed by atoms with Crippen LogP contribution < -0.4 is 0 Å². The van der Waals surface area contributed by atoms with Gasteiger partial charge in [-0.1, -0.05) is 12.7 Å². The Morgan fingerprint density at radius 2 is 2.44 bits per heavy atom. The van der Waals surface area contributed by atoms with E-state index >= 15 is 0 Å². The summed E-state index contributed by atoms with van der Waals surface area (Å²) in [4.78, 5) is 0. The largest absolute Gasteiger partial charge is 2.00 e. The zero-order valence-electron chi connectivity index (χ0n) is 9.29. The molecule has 0 saturated carbocycles. The van der Waals surface area contributed by atoms with Crippen molar-refractivity contribution in [2.75, 3.05) is 6.61 Å². The van der Waals surface area contributed by atoms with Gasteiger partial charge in [0.15, 0.2) is 0 Å². The van der Waals surface area contributed by atoms with Crippen molar-refractivity contribution in [3.8, 4) is 12.3 Å². The van der Waals surface area contributed by atoms with Crippen molar-refractivity contribution in [3.63, 3.8) is 0 Å². The van der Waals surface area contributed by atoms with E-state index in [4.69, 9.17) is 11.2 Å². The zero-order valence-corrected chi connectivity index (χ0v) is 10.5. The van der Waals surface area contributed by atoms with Gasteiger partial charge in [-0.05, 0) is 12.2 Å². The molecule has 16 heavy (non-hydrogen) atoms. The van der Waals surface area contributed by atoms with E-state index in [0.717, 1.165) is 6.42 Å². The number of allylic oxidation sites excluding steroid dienone is 5. The topological polar surface area (TPSA) is 9.23 Å². The first-order valence-electron chi connectivity index (χ1n) is 4.73. The molecule has 0 aromatic rings. The monoisotopic (exact) mass is 255 g/mol. The van der Waals surface area contributed by atoms with Crippen molar-refractivity contribution in [1.82, 2.24) is 0 Å². The molecule has 1 aliphatic carbocycles. The van der Waals surface area contributed by atoms with E-state index in [-0.39, 0.29) is 17.1 Å². The van der Waals surface area contributed by atoms with E-state index in [0.29, 0.717) is 18.8 Å².